The molecule has 0 saturated carbocycles. The summed E-state index contributed by atoms with van der Waals surface area (Å²) in [5.41, 5.74) is 6.68. The van der Waals surface area contributed by atoms with Crippen molar-refractivity contribution in [3.63, 3.8) is 0 Å². The van der Waals surface area contributed by atoms with Crippen molar-refractivity contribution in [2.24, 2.45) is 5.92 Å². The Morgan fingerprint density at radius 1 is 1.39 bits per heavy atom. The van der Waals surface area contributed by atoms with Crippen LogP contribution in [-0.2, 0) is 0 Å². The average molecular weight is 249 g/mol. The number of anilines is 2. The van der Waals surface area contributed by atoms with E-state index < -0.39 is 0 Å². The molecule has 1 aromatic rings. The maximum Gasteiger partial charge on any atom is 0.315 e. The minimum absolute atomic E-state index is 0.0482. The first-order valence-corrected chi connectivity index (χ1v) is 6.37. The van der Waals surface area contributed by atoms with E-state index in [1.165, 1.54) is 6.42 Å². The van der Waals surface area contributed by atoms with Gasteiger partial charge in [0.25, 0.3) is 0 Å². The van der Waals surface area contributed by atoms with Gasteiger partial charge in [0.15, 0.2) is 0 Å². The van der Waals surface area contributed by atoms with Gasteiger partial charge in [-0.2, -0.15) is 0 Å². The molecule has 2 N–H and O–H groups in total. The fraction of sp³-hybridized carbons (Fsp3) is 0.538. The number of nitrogens with zero attached hydrogens (tertiary/aromatic N) is 2. The Hall–Kier alpha value is -1.78. The quantitative estimate of drug-likeness (QED) is 0.497. The fourth-order valence-electron chi connectivity index (χ4n) is 2.51. The lowest BCUT2D eigenvalue weighted by Gasteiger charge is -2.22. The fourth-order valence-corrected chi connectivity index (χ4v) is 2.51. The predicted molar refractivity (Wildman–Crippen MR) is 72.7 cm³/mol. The molecular weight excluding hydrogens is 230 g/mol. The van der Waals surface area contributed by atoms with Gasteiger partial charge >= 0.3 is 5.69 Å². The van der Waals surface area contributed by atoms with E-state index in [9.17, 15) is 10.1 Å². The van der Waals surface area contributed by atoms with Crippen LogP contribution in [0.1, 0.15) is 26.2 Å². The number of nitro benzene ring substituents is 1. The summed E-state index contributed by atoms with van der Waals surface area (Å²) in [6.07, 6.45) is 3.34. The SMILES string of the molecule is CC1CCCN(c2cccc(N)c2[N+](=O)[O-])CC1. The van der Waals surface area contributed by atoms with Gasteiger partial charge in [-0.3, -0.25) is 10.1 Å². The highest BCUT2D eigenvalue weighted by atomic mass is 16.6. The Morgan fingerprint density at radius 3 is 2.89 bits per heavy atom. The van der Waals surface area contributed by atoms with E-state index in [4.69, 9.17) is 5.73 Å². The Balaban J connectivity index is 2.32. The number of nitro groups is 1. The standard InChI is InChI=1S/C13H19N3O2/c1-10-4-3-8-15(9-7-10)12-6-2-5-11(14)13(12)16(17)18/h2,5-6,10H,3-4,7-9,14H2,1H3. The zero-order valence-corrected chi connectivity index (χ0v) is 10.6. The highest BCUT2D eigenvalue weighted by Gasteiger charge is 2.24. The van der Waals surface area contributed by atoms with Crippen molar-refractivity contribution in [3.05, 3.63) is 28.3 Å². The number of hydrogen-bond acceptors (Lipinski definition) is 4. The first-order valence-electron chi connectivity index (χ1n) is 6.37. The van der Waals surface area contributed by atoms with Crippen LogP contribution in [-0.4, -0.2) is 18.0 Å². The Labute approximate surface area is 107 Å². The second-order valence-electron chi connectivity index (χ2n) is 5.00. The van der Waals surface area contributed by atoms with E-state index in [0.717, 1.165) is 25.9 Å². The Bertz CT molecular complexity index is 448. The predicted octanol–water partition coefficient (Wildman–Crippen LogP) is 2.80. The molecule has 0 spiro atoms. The second-order valence-corrected chi connectivity index (χ2v) is 5.00. The molecule has 5 nitrogen and oxygen atoms in total. The molecule has 18 heavy (non-hydrogen) atoms. The van der Waals surface area contributed by atoms with E-state index in [1.54, 1.807) is 18.2 Å². The molecule has 0 bridgehead atoms. The molecule has 5 heteroatoms. The van der Waals surface area contributed by atoms with Crippen molar-refractivity contribution >= 4 is 17.1 Å². The molecule has 0 aliphatic carbocycles. The van der Waals surface area contributed by atoms with Gasteiger partial charge in [-0.25, -0.2) is 0 Å². The highest BCUT2D eigenvalue weighted by Crippen LogP contribution is 2.35. The number of para-hydroxylation sites is 1. The van der Waals surface area contributed by atoms with Gasteiger partial charge in [-0.05, 0) is 37.3 Å². The van der Waals surface area contributed by atoms with Crippen LogP contribution in [0, 0.1) is 16.0 Å². The molecule has 1 aliphatic rings. The maximum absolute atomic E-state index is 11.1. The van der Waals surface area contributed by atoms with Gasteiger partial charge in [0, 0.05) is 13.1 Å². The highest BCUT2D eigenvalue weighted by molar-refractivity contribution is 5.75. The van der Waals surface area contributed by atoms with Gasteiger partial charge in [0.05, 0.1) is 4.92 Å². The van der Waals surface area contributed by atoms with E-state index in [-0.39, 0.29) is 16.3 Å². The number of hydrogen-bond donors (Lipinski definition) is 1. The molecule has 1 aliphatic heterocycles. The van der Waals surface area contributed by atoms with Crippen molar-refractivity contribution in [3.8, 4) is 0 Å². The van der Waals surface area contributed by atoms with Crippen LogP contribution in [0.4, 0.5) is 17.1 Å². The smallest absolute Gasteiger partial charge is 0.315 e. The van der Waals surface area contributed by atoms with Gasteiger partial charge < -0.3 is 10.6 Å². The van der Waals surface area contributed by atoms with Crippen LogP contribution in [0.3, 0.4) is 0 Å². The van der Waals surface area contributed by atoms with Crippen molar-refractivity contribution in [1.29, 1.82) is 0 Å². The number of benzene rings is 1. The lowest BCUT2D eigenvalue weighted by atomic mass is 10.0. The molecular formula is C13H19N3O2. The molecule has 0 amide bonds. The van der Waals surface area contributed by atoms with Gasteiger partial charge in [0.2, 0.25) is 0 Å². The largest absolute Gasteiger partial charge is 0.393 e. The van der Waals surface area contributed by atoms with E-state index in [0.29, 0.717) is 11.6 Å². The molecule has 0 aromatic heterocycles. The average Bonchev–Trinajstić information content (AvgIpc) is 2.53. The minimum atomic E-state index is -0.376. The van der Waals surface area contributed by atoms with Crippen LogP contribution >= 0.6 is 0 Å². The second kappa shape index (κ2) is 5.25. The zero-order valence-electron chi connectivity index (χ0n) is 10.6. The maximum atomic E-state index is 11.1. The van der Waals surface area contributed by atoms with Crippen molar-refractivity contribution in [1.82, 2.24) is 0 Å². The number of nitrogens with two attached hydrogens (primary N) is 1. The van der Waals surface area contributed by atoms with Crippen LogP contribution < -0.4 is 10.6 Å². The summed E-state index contributed by atoms with van der Waals surface area (Å²) in [6, 6.07) is 5.17. The van der Waals surface area contributed by atoms with Crippen LogP contribution in [0.15, 0.2) is 18.2 Å². The van der Waals surface area contributed by atoms with Crippen molar-refractivity contribution < 1.29 is 4.92 Å². The first kappa shape index (κ1) is 12.7. The summed E-state index contributed by atoms with van der Waals surface area (Å²) in [7, 11) is 0. The third-order valence-electron chi connectivity index (χ3n) is 3.59. The van der Waals surface area contributed by atoms with Crippen molar-refractivity contribution in [2.75, 3.05) is 23.7 Å². The molecule has 1 saturated heterocycles. The summed E-state index contributed by atoms with van der Waals surface area (Å²) < 4.78 is 0. The topological polar surface area (TPSA) is 72.4 Å². The van der Waals surface area contributed by atoms with Crippen molar-refractivity contribution in [2.45, 2.75) is 26.2 Å². The summed E-state index contributed by atoms with van der Waals surface area (Å²) in [5, 5.41) is 11.1. The van der Waals surface area contributed by atoms with E-state index in [2.05, 4.69) is 11.8 Å². The molecule has 1 unspecified atom stereocenters. The molecule has 98 valence electrons. The van der Waals surface area contributed by atoms with Gasteiger partial charge in [-0.1, -0.05) is 13.0 Å². The van der Waals surface area contributed by atoms with Crippen LogP contribution in [0.5, 0.6) is 0 Å². The summed E-state index contributed by atoms with van der Waals surface area (Å²) >= 11 is 0. The van der Waals surface area contributed by atoms with E-state index >= 15 is 0 Å². The minimum Gasteiger partial charge on any atom is -0.393 e. The number of nitrogen functional groups attached to an aromatic ring is 1. The van der Waals surface area contributed by atoms with Crippen LogP contribution in [0.25, 0.3) is 0 Å². The molecule has 1 aromatic carbocycles. The van der Waals surface area contributed by atoms with E-state index in [1.807, 2.05) is 0 Å². The Kier molecular flexibility index (Phi) is 3.69. The summed E-state index contributed by atoms with van der Waals surface area (Å²) in [6.45, 7) is 3.97. The summed E-state index contributed by atoms with van der Waals surface area (Å²) in [5.74, 6) is 0.690. The summed E-state index contributed by atoms with van der Waals surface area (Å²) in [4.78, 5) is 12.9. The third kappa shape index (κ3) is 2.55. The number of rotatable bonds is 2. The van der Waals surface area contributed by atoms with Crippen LogP contribution in [0.2, 0.25) is 0 Å². The molecule has 1 fully saturated rings. The molecule has 1 atom stereocenters. The first-order chi connectivity index (χ1) is 8.59. The Morgan fingerprint density at radius 2 is 2.17 bits per heavy atom. The normalized spacial score (nSPS) is 20.5. The molecule has 1 heterocycles. The lowest BCUT2D eigenvalue weighted by Crippen LogP contribution is -2.25. The third-order valence-corrected chi connectivity index (χ3v) is 3.59. The zero-order chi connectivity index (χ0) is 13.1. The lowest BCUT2D eigenvalue weighted by molar-refractivity contribution is -0.383. The van der Waals surface area contributed by atoms with Gasteiger partial charge in [0.1, 0.15) is 11.4 Å². The monoisotopic (exact) mass is 249 g/mol. The molecule has 2 rings (SSSR count). The van der Waals surface area contributed by atoms with Gasteiger partial charge in [-0.15, -0.1) is 0 Å². The molecule has 0 radical (unpaired) electrons.